The van der Waals surface area contributed by atoms with Gasteiger partial charge in [-0.05, 0) is 75.0 Å². The third kappa shape index (κ3) is 4.32. The number of halogens is 1. The third-order valence-electron chi connectivity index (χ3n) is 7.88. The number of nitrogens with one attached hydrogen (secondary N) is 1. The van der Waals surface area contributed by atoms with Crippen molar-refractivity contribution in [1.82, 2.24) is 19.8 Å². The first-order valence-electron chi connectivity index (χ1n) is 12.7. The molecule has 5 nitrogen and oxygen atoms in total. The summed E-state index contributed by atoms with van der Waals surface area (Å²) in [6, 6.07) is 15.1. The molecule has 4 heterocycles. The van der Waals surface area contributed by atoms with E-state index in [1.165, 1.54) is 25.9 Å². The molecule has 0 spiro atoms. The predicted octanol–water partition coefficient (Wildman–Crippen LogP) is 5.97. The minimum atomic E-state index is 0.237. The van der Waals surface area contributed by atoms with Gasteiger partial charge in [0.1, 0.15) is 0 Å². The Morgan fingerprint density at radius 2 is 1.74 bits per heavy atom. The first-order valence-corrected chi connectivity index (χ1v) is 13.1. The number of piperidine rings is 1. The molecular formula is C29H31ClN4O. The third-order valence-corrected chi connectivity index (χ3v) is 8.10. The fraction of sp³-hybridized carbons (Fsp3) is 0.379. The largest absolute Gasteiger partial charge is 0.353 e. The van der Waals surface area contributed by atoms with Crippen LogP contribution in [0, 0.1) is 6.92 Å². The zero-order valence-corrected chi connectivity index (χ0v) is 20.9. The summed E-state index contributed by atoms with van der Waals surface area (Å²) >= 11 is 6.53. The molecule has 0 radical (unpaired) electrons. The zero-order valence-electron chi connectivity index (χ0n) is 20.2. The average Bonchev–Trinajstić information content (AvgIpc) is 3.54. The van der Waals surface area contributed by atoms with Gasteiger partial charge in [0.2, 0.25) is 5.91 Å². The second-order valence-electron chi connectivity index (χ2n) is 10.0. The summed E-state index contributed by atoms with van der Waals surface area (Å²) in [6.45, 7) is 6.25. The van der Waals surface area contributed by atoms with E-state index in [9.17, 15) is 4.79 Å². The van der Waals surface area contributed by atoms with Gasteiger partial charge in [-0.1, -0.05) is 35.9 Å². The summed E-state index contributed by atoms with van der Waals surface area (Å²) in [5, 5.41) is 2.94. The number of H-pyrrole nitrogens is 1. The van der Waals surface area contributed by atoms with Crippen molar-refractivity contribution in [2.45, 2.75) is 45.1 Å². The summed E-state index contributed by atoms with van der Waals surface area (Å²) in [5.41, 5.74) is 6.27. The number of benzene rings is 2. The number of nitrogens with zero attached hydrogens (tertiary/aromatic N) is 3. The van der Waals surface area contributed by atoms with Gasteiger partial charge in [-0.3, -0.25) is 9.78 Å². The van der Waals surface area contributed by atoms with E-state index < -0.39 is 0 Å². The molecule has 2 aliphatic heterocycles. The van der Waals surface area contributed by atoms with Gasteiger partial charge in [-0.25, -0.2) is 0 Å². The number of likely N-dealkylation sites (tertiary alicyclic amines) is 2. The van der Waals surface area contributed by atoms with E-state index >= 15 is 0 Å². The normalized spacial score (nSPS) is 17.6. The van der Waals surface area contributed by atoms with E-state index in [1.807, 2.05) is 31.3 Å². The van der Waals surface area contributed by atoms with E-state index in [0.717, 1.165) is 70.1 Å². The number of aromatic nitrogens is 2. The highest BCUT2D eigenvalue weighted by atomic mass is 35.5. The van der Waals surface area contributed by atoms with Crippen LogP contribution in [-0.4, -0.2) is 57.9 Å². The monoisotopic (exact) mass is 486 g/mol. The van der Waals surface area contributed by atoms with Crippen LogP contribution in [0.1, 0.15) is 36.9 Å². The van der Waals surface area contributed by atoms with E-state index in [-0.39, 0.29) is 5.91 Å². The molecule has 4 aromatic rings. The second-order valence-corrected chi connectivity index (χ2v) is 10.5. The van der Waals surface area contributed by atoms with E-state index in [4.69, 9.17) is 11.6 Å². The van der Waals surface area contributed by atoms with Crippen molar-refractivity contribution in [3.05, 3.63) is 64.9 Å². The number of carbonyl (C=O) groups is 1. The zero-order chi connectivity index (χ0) is 23.9. The maximum absolute atomic E-state index is 13.0. The molecule has 2 aromatic carbocycles. The van der Waals surface area contributed by atoms with Crippen molar-refractivity contribution < 1.29 is 4.79 Å². The molecule has 0 aliphatic carbocycles. The molecular weight excluding hydrogens is 456 g/mol. The molecule has 0 bridgehead atoms. The minimum Gasteiger partial charge on any atom is -0.353 e. The molecule has 0 saturated carbocycles. The van der Waals surface area contributed by atoms with Crippen LogP contribution in [0.25, 0.3) is 32.9 Å². The van der Waals surface area contributed by atoms with Crippen LogP contribution in [-0.2, 0) is 11.2 Å². The number of aryl methyl sites for hydroxylation is 1. The number of rotatable bonds is 4. The number of fused-ring (bicyclic) bond motifs is 3. The van der Waals surface area contributed by atoms with Gasteiger partial charge in [-0.2, -0.15) is 0 Å². The van der Waals surface area contributed by atoms with Gasteiger partial charge in [-0.15, -0.1) is 0 Å². The summed E-state index contributed by atoms with van der Waals surface area (Å²) in [7, 11) is 0. The number of aromatic amines is 1. The van der Waals surface area contributed by atoms with E-state index in [0.29, 0.717) is 17.5 Å². The molecule has 0 unspecified atom stereocenters. The topological polar surface area (TPSA) is 52.2 Å². The molecule has 6 heteroatoms. The average molecular weight is 487 g/mol. The highest BCUT2D eigenvalue weighted by Crippen LogP contribution is 2.36. The number of pyridine rings is 1. The van der Waals surface area contributed by atoms with Crippen LogP contribution in [0.15, 0.2) is 48.7 Å². The van der Waals surface area contributed by atoms with Crippen LogP contribution in [0.4, 0.5) is 0 Å². The Bertz CT molecular complexity index is 1380. The van der Waals surface area contributed by atoms with Crippen LogP contribution < -0.4 is 0 Å². The Labute approximate surface area is 211 Å². The van der Waals surface area contributed by atoms with Gasteiger partial charge in [0.25, 0.3) is 0 Å². The predicted molar refractivity (Wildman–Crippen MR) is 143 cm³/mol. The fourth-order valence-electron chi connectivity index (χ4n) is 5.93. The van der Waals surface area contributed by atoms with Gasteiger partial charge >= 0.3 is 0 Å². The maximum Gasteiger partial charge on any atom is 0.226 e. The standard InChI is InChI=1S/C29H31ClN4O/c1-19-28-24(8-11-31-19)26-18-22(30)17-25(29(26)32-28)21-6-4-20(5-7-21)16-27(35)34-14-9-23(10-15-34)33-12-2-3-13-33/h4-8,11,17-18,23,32H,2-3,9-10,12-16H2,1H3. The number of hydrogen-bond acceptors (Lipinski definition) is 3. The Hall–Kier alpha value is -2.89. The van der Waals surface area contributed by atoms with E-state index in [2.05, 4.69) is 44.0 Å². The van der Waals surface area contributed by atoms with Crippen molar-refractivity contribution in [2.24, 2.45) is 0 Å². The lowest BCUT2D eigenvalue weighted by Gasteiger charge is -2.36. The summed E-state index contributed by atoms with van der Waals surface area (Å²) < 4.78 is 0. The molecule has 2 saturated heterocycles. The number of amides is 1. The van der Waals surface area contributed by atoms with Crippen molar-refractivity contribution in [3.8, 4) is 11.1 Å². The molecule has 2 aromatic heterocycles. The van der Waals surface area contributed by atoms with Crippen LogP contribution in [0.5, 0.6) is 0 Å². The molecule has 35 heavy (non-hydrogen) atoms. The van der Waals surface area contributed by atoms with Crippen LogP contribution in [0.3, 0.4) is 0 Å². The molecule has 2 fully saturated rings. The molecule has 1 N–H and O–H groups in total. The minimum absolute atomic E-state index is 0.237. The quantitative estimate of drug-likeness (QED) is 0.386. The summed E-state index contributed by atoms with van der Waals surface area (Å²) in [5.74, 6) is 0.237. The first kappa shape index (κ1) is 22.6. The number of carbonyl (C=O) groups excluding carboxylic acids is 1. The Morgan fingerprint density at radius 1 is 1.00 bits per heavy atom. The second kappa shape index (κ2) is 9.29. The molecule has 0 atom stereocenters. The Morgan fingerprint density at radius 3 is 2.49 bits per heavy atom. The SMILES string of the molecule is Cc1nccc2c1[nH]c1c(-c3ccc(CC(=O)N4CCC(N5CCCC5)CC4)cc3)cc(Cl)cc12. The number of hydrogen-bond donors (Lipinski definition) is 1. The Balaban J connectivity index is 1.19. The van der Waals surface area contributed by atoms with Crippen molar-refractivity contribution in [1.29, 1.82) is 0 Å². The van der Waals surface area contributed by atoms with Crippen LogP contribution in [0.2, 0.25) is 5.02 Å². The lowest BCUT2D eigenvalue weighted by Crippen LogP contribution is -2.46. The van der Waals surface area contributed by atoms with E-state index in [1.54, 1.807) is 0 Å². The molecule has 1 amide bonds. The van der Waals surface area contributed by atoms with Crippen molar-refractivity contribution in [2.75, 3.05) is 26.2 Å². The summed E-state index contributed by atoms with van der Waals surface area (Å²) in [6.07, 6.45) is 7.16. The molecule has 2 aliphatic rings. The van der Waals surface area contributed by atoms with Crippen molar-refractivity contribution >= 4 is 39.3 Å². The lowest BCUT2D eigenvalue weighted by atomic mass is 9.99. The van der Waals surface area contributed by atoms with Gasteiger partial charge in [0.15, 0.2) is 0 Å². The van der Waals surface area contributed by atoms with Crippen LogP contribution >= 0.6 is 11.6 Å². The van der Waals surface area contributed by atoms with Gasteiger partial charge in [0, 0.05) is 46.7 Å². The fourth-order valence-corrected chi connectivity index (χ4v) is 6.15. The smallest absolute Gasteiger partial charge is 0.226 e. The lowest BCUT2D eigenvalue weighted by molar-refractivity contribution is -0.132. The highest BCUT2D eigenvalue weighted by molar-refractivity contribution is 6.32. The van der Waals surface area contributed by atoms with Gasteiger partial charge in [0.05, 0.1) is 23.1 Å². The molecule has 6 rings (SSSR count). The van der Waals surface area contributed by atoms with Gasteiger partial charge < -0.3 is 14.8 Å². The Kier molecular flexibility index (Phi) is 5.99. The highest BCUT2D eigenvalue weighted by Gasteiger charge is 2.28. The molecule has 180 valence electrons. The van der Waals surface area contributed by atoms with Crippen molar-refractivity contribution in [3.63, 3.8) is 0 Å². The maximum atomic E-state index is 13.0. The summed E-state index contributed by atoms with van der Waals surface area (Å²) in [4.78, 5) is 25.7. The first-order chi connectivity index (χ1) is 17.1.